The summed E-state index contributed by atoms with van der Waals surface area (Å²) in [7, 11) is 0. The van der Waals surface area contributed by atoms with Gasteiger partial charge in [0, 0.05) is 36.2 Å². The van der Waals surface area contributed by atoms with E-state index in [-0.39, 0.29) is 5.91 Å². The zero-order chi connectivity index (χ0) is 17.6. The molecule has 1 saturated heterocycles. The quantitative estimate of drug-likeness (QED) is 0.857. The average molecular weight is 355 g/mol. The molecule has 6 nitrogen and oxygen atoms in total. The Morgan fingerprint density at radius 3 is 2.88 bits per heavy atom. The molecular formula is C18H21N5OS. The Balaban J connectivity index is 1.49. The number of thiazole rings is 1. The maximum Gasteiger partial charge on any atom is 0.223 e. The third-order valence-corrected chi connectivity index (χ3v) is 4.91. The van der Waals surface area contributed by atoms with Crippen molar-refractivity contribution in [3.63, 3.8) is 0 Å². The van der Waals surface area contributed by atoms with E-state index in [0.29, 0.717) is 11.0 Å². The zero-order valence-electron chi connectivity index (χ0n) is 14.5. The summed E-state index contributed by atoms with van der Waals surface area (Å²) in [5.74, 6) is 6.86. The maximum absolute atomic E-state index is 11.1. The molecule has 0 saturated carbocycles. The molecule has 3 rings (SSSR count). The van der Waals surface area contributed by atoms with Gasteiger partial charge in [0.05, 0.1) is 0 Å². The van der Waals surface area contributed by atoms with Crippen molar-refractivity contribution >= 4 is 22.4 Å². The van der Waals surface area contributed by atoms with Crippen molar-refractivity contribution in [1.82, 2.24) is 19.9 Å². The minimum Gasteiger partial charge on any atom is -0.302 e. The van der Waals surface area contributed by atoms with E-state index in [4.69, 9.17) is 0 Å². The first kappa shape index (κ1) is 17.5. The number of anilines is 1. The number of nitrogens with one attached hydrogen (secondary N) is 1. The second-order valence-corrected chi connectivity index (χ2v) is 7.29. The third-order valence-electron chi connectivity index (χ3n) is 4.01. The molecule has 130 valence electrons. The summed E-state index contributed by atoms with van der Waals surface area (Å²) >= 11 is 1.54. The molecule has 2 aromatic heterocycles. The van der Waals surface area contributed by atoms with Crippen LogP contribution in [0.1, 0.15) is 36.0 Å². The number of carbonyl (C=O) groups excluding carboxylic acids is 1. The van der Waals surface area contributed by atoms with Crippen LogP contribution in [-0.4, -0.2) is 38.8 Å². The van der Waals surface area contributed by atoms with Gasteiger partial charge in [0.1, 0.15) is 12.0 Å². The molecule has 25 heavy (non-hydrogen) atoms. The van der Waals surface area contributed by atoms with Crippen LogP contribution in [0, 0.1) is 24.7 Å². The van der Waals surface area contributed by atoms with E-state index in [1.54, 1.807) is 6.33 Å². The normalized spacial score (nSPS) is 15.4. The van der Waals surface area contributed by atoms with Gasteiger partial charge in [0.2, 0.25) is 5.91 Å². The Hall–Kier alpha value is -2.30. The minimum absolute atomic E-state index is 0.0841. The van der Waals surface area contributed by atoms with Crippen molar-refractivity contribution in [2.24, 2.45) is 5.92 Å². The molecule has 0 atom stereocenters. The summed E-state index contributed by atoms with van der Waals surface area (Å²) in [6, 6.07) is 1.92. The summed E-state index contributed by atoms with van der Waals surface area (Å²) < 4.78 is 0. The largest absolute Gasteiger partial charge is 0.302 e. The Morgan fingerprint density at radius 2 is 2.16 bits per heavy atom. The van der Waals surface area contributed by atoms with Gasteiger partial charge in [-0.3, -0.25) is 9.69 Å². The monoisotopic (exact) mass is 355 g/mol. The Kier molecular flexibility index (Phi) is 5.74. The van der Waals surface area contributed by atoms with Crippen molar-refractivity contribution in [2.75, 3.05) is 18.4 Å². The standard InChI is InChI=1S/C18H21N5OS/c1-13-9-16(21-12-20-13)4-3-15-5-7-23(8-6-15)11-17-10-19-18(25-17)22-14(2)24/h9-10,12,15H,5-8,11H2,1-2H3,(H,19,22,24). The van der Waals surface area contributed by atoms with Gasteiger partial charge in [0.15, 0.2) is 5.13 Å². The van der Waals surface area contributed by atoms with Gasteiger partial charge in [-0.25, -0.2) is 15.0 Å². The van der Waals surface area contributed by atoms with E-state index in [0.717, 1.165) is 43.9 Å². The van der Waals surface area contributed by atoms with E-state index < -0.39 is 0 Å². The summed E-state index contributed by atoms with van der Waals surface area (Å²) in [4.78, 5) is 27.1. The van der Waals surface area contributed by atoms with Crippen molar-refractivity contribution in [1.29, 1.82) is 0 Å². The first-order chi connectivity index (χ1) is 12.1. The molecule has 0 aromatic carbocycles. The number of aryl methyl sites for hydroxylation is 1. The second-order valence-electron chi connectivity index (χ2n) is 6.18. The number of amides is 1. The average Bonchev–Trinajstić information content (AvgIpc) is 3.00. The van der Waals surface area contributed by atoms with E-state index >= 15 is 0 Å². The lowest BCUT2D eigenvalue weighted by molar-refractivity contribution is -0.114. The van der Waals surface area contributed by atoms with Gasteiger partial charge in [-0.2, -0.15) is 0 Å². The van der Waals surface area contributed by atoms with Crippen LogP contribution in [-0.2, 0) is 11.3 Å². The fourth-order valence-corrected chi connectivity index (χ4v) is 3.64. The van der Waals surface area contributed by atoms with Crippen LogP contribution in [0.4, 0.5) is 5.13 Å². The third kappa shape index (κ3) is 5.34. The van der Waals surface area contributed by atoms with Crippen LogP contribution in [0.5, 0.6) is 0 Å². The topological polar surface area (TPSA) is 71.0 Å². The number of carbonyl (C=O) groups is 1. The SMILES string of the molecule is CC(=O)Nc1ncc(CN2CCC(C#Cc3cc(C)ncn3)CC2)s1. The predicted octanol–water partition coefficient (Wildman–Crippen LogP) is 2.46. The van der Waals surface area contributed by atoms with Gasteiger partial charge in [-0.1, -0.05) is 5.92 Å². The van der Waals surface area contributed by atoms with Crippen molar-refractivity contribution in [3.05, 3.63) is 34.9 Å². The van der Waals surface area contributed by atoms with Crippen LogP contribution in [0.25, 0.3) is 0 Å². The summed E-state index contributed by atoms with van der Waals surface area (Å²) in [6.07, 6.45) is 5.54. The number of likely N-dealkylation sites (tertiary alicyclic amines) is 1. The van der Waals surface area contributed by atoms with Crippen molar-refractivity contribution in [3.8, 4) is 11.8 Å². The molecule has 0 radical (unpaired) electrons. The van der Waals surface area contributed by atoms with Gasteiger partial charge in [-0.15, -0.1) is 11.3 Å². The molecule has 1 N–H and O–H groups in total. The van der Waals surface area contributed by atoms with Crippen molar-refractivity contribution in [2.45, 2.75) is 33.2 Å². The Bertz CT molecular complexity index is 799. The smallest absolute Gasteiger partial charge is 0.223 e. The Labute approximate surface area is 151 Å². The van der Waals surface area contributed by atoms with Gasteiger partial charge >= 0.3 is 0 Å². The number of rotatable bonds is 3. The molecule has 1 fully saturated rings. The van der Waals surface area contributed by atoms with Crippen LogP contribution < -0.4 is 5.32 Å². The van der Waals surface area contributed by atoms with Crippen LogP contribution in [0.3, 0.4) is 0 Å². The van der Waals surface area contributed by atoms with E-state index in [2.05, 4.69) is 37.0 Å². The van der Waals surface area contributed by atoms with Gasteiger partial charge < -0.3 is 5.32 Å². The van der Waals surface area contributed by atoms with Crippen LogP contribution >= 0.6 is 11.3 Å². The lowest BCUT2D eigenvalue weighted by Crippen LogP contribution is -2.32. The molecule has 1 amide bonds. The molecule has 2 aromatic rings. The summed E-state index contributed by atoms with van der Waals surface area (Å²) in [6.45, 7) is 6.37. The molecule has 0 spiro atoms. The van der Waals surface area contributed by atoms with Gasteiger partial charge in [-0.05, 0) is 44.8 Å². The number of hydrogen-bond acceptors (Lipinski definition) is 6. The van der Waals surface area contributed by atoms with E-state index in [1.807, 2.05) is 19.2 Å². The Morgan fingerprint density at radius 1 is 1.36 bits per heavy atom. The minimum atomic E-state index is -0.0841. The van der Waals surface area contributed by atoms with Crippen LogP contribution in [0.15, 0.2) is 18.6 Å². The number of aromatic nitrogens is 3. The second kappa shape index (κ2) is 8.19. The molecule has 1 aliphatic heterocycles. The fourth-order valence-electron chi connectivity index (χ4n) is 2.74. The predicted molar refractivity (Wildman–Crippen MR) is 98.1 cm³/mol. The van der Waals surface area contributed by atoms with E-state index in [1.165, 1.54) is 23.1 Å². The molecule has 3 heterocycles. The highest BCUT2D eigenvalue weighted by Crippen LogP contribution is 2.23. The first-order valence-corrected chi connectivity index (χ1v) is 9.15. The van der Waals surface area contributed by atoms with E-state index in [9.17, 15) is 4.79 Å². The van der Waals surface area contributed by atoms with Crippen LogP contribution in [0.2, 0.25) is 0 Å². The highest BCUT2D eigenvalue weighted by Gasteiger charge is 2.18. The highest BCUT2D eigenvalue weighted by molar-refractivity contribution is 7.15. The maximum atomic E-state index is 11.1. The summed E-state index contributed by atoms with van der Waals surface area (Å²) in [5.41, 5.74) is 1.74. The molecule has 0 unspecified atom stereocenters. The summed E-state index contributed by atoms with van der Waals surface area (Å²) in [5, 5.41) is 3.40. The lowest BCUT2D eigenvalue weighted by Gasteiger charge is -2.29. The molecule has 0 bridgehead atoms. The number of nitrogens with zero attached hydrogens (tertiary/aromatic N) is 4. The van der Waals surface area contributed by atoms with Crippen molar-refractivity contribution < 1.29 is 4.79 Å². The number of piperidine rings is 1. The lowest BCUT2D eigenvalue weighted by atomic mass is 9.97. The molecule has 0 aliphatic carbocycles. The number of hydrogen-bond donors (Lipinski definition) is 1. The zero-order valence-corrected chi connectivity index (χ0v) is 15.3. The fraction of sp³-hybridized carbons (Fsp3) is 0.444. The first-order valence-electron chi connectivity index (χ1n) is 8.33. The van der Waals surface area contributed by atoms with Gasteiger partial charge in [0.25, 0.3) is 0 Å². The molecular weight excluding hydrogens is 334 g/mol. The molecule has 1 aliphatic rings. The highest BCUT2D eigenvalue weighted by atomic mass is 32.1. The molecule has 7 heteroatoms.